The van der Waals surface area contributed by atoms with Crippen LogP contribution in [0.1, 0.15) is 5.56 Å². The molecule has 1 aromatic carbocycles. The molecule has 0 spiro atoms. The van der Waals surface area contributed by atoms with E-state index >= 15 is 0 Å². The highest BCUT2D eigenvalue weighted by atomic mass is 32.2. The van der Waals surface area contributed by atoms with E-state index in [1.165, 1.54) is 26.3 Å². The normalized spacial score (nSPS) is 11.3. The first-order valence-electron chi connectivity index (χ1n) is 7.21. The Hall–Kier alpha value is -1.97. The molecule has 0 aliphatic rings. The Labute approximate surface area is 141 Å². The van der Waals surface area contributed by atoms with Crippen molar-refractivity contribution in [1.29, 1.82) is 0 Å². The van der Waals surface area contributed by atoms with Crippen LogP contribution in [0, 0.1) is 6.92 Å². The number of nitrogens with one attached hydrogen (secondary N) is 1. The highest BCUT2D eigenvalue weighted by Gasteiger charge is 2.23. The molecule has 0 radical (unpaired) electrons. The lowest BCUT2D eigenvalue weighted by atomic mass is 10.2. The minimum atomic E-state index is -3.79. The predicted octanol–water partition coefficient (Wildman–Crippen LogP) is -0.0787. The summed E-state index contributed by atoms with van der Waals surface area (Å²) < 4.78 is 35.0. The van der Waals surface area contributed by atoms with Crippen molar-refractivity contribution in [1.82, 2.24) is 9.62 Å². The van der Waals surface area contributed by atoms with Crippen molar-refractivity contribution in [3.8, 4) is 0 Å². The van der Waals surface area contributed by atoms with Crippen LogP contribution in [0.25, 0.3) is 0 Å². The molecule has 0 saturated heterocycles. The van der Waals surface area contributed by atoms with Crippen LogP contribution in [0.2, 0.25) is 0 Å². The van der Waals surface area contributed by atoms with Crippen LogP contribution in [-0.4, -0.2) is 65.1 Å². The second-order valence-electron chi connectivity index (χ2n) is 5.08. The number of esters is 1. The Balaban J connectivity index is 2.51. The van der Waals surface area contributed by atoms with E-state index in [9.17, 15) is 18.0 Å². The molecular formula is C15H22N2O6S. The lowest BCUT2D eigenvalue weighted by Crippen LogP contribution is -2.36. The average molecular weight is 358 g/mol. The molecule has 0 atom stereocenters. The summed E-state index contributed by atoms with van der Waals surface area (Å²) in [5, 5.41) is 2.48. The number of methoxy groups -OCH3 is 1. The maximum Gasteiger partial charge on any atom is 0.321 e. The van der Waals surface area contributed by atoms with Gasteiger partial charge in [0.25, 0.3) is 5.91 Å². The monoisotopic (exact) mass is 358 g/mol. The van der Waals surface area contributed by atoms with Crippen LogP contribution in [0.4, 0.5) is 0 Å². The van der Waals surface area contributed by atoms with Gasteiger partial charge < -0.3 is 14.8 Å². The highest BCUT2D eigenvalue weighted by molar-refractivity contribution is 7.89. The van der Waals surface area contributed by atoms with Crippen molar-refractivity contribution < 1.29 is 27.5 Å². The van der Waals surface area contributed by atoms with Crippen LogP contribution < -0.4 is 5.32 Å². The van der Waals surface area contributed by atoms with Crippen molar-refractivity contribution in [3.05, 3.63) is 29.8 Å². The second kappa shape index (κ2) is 9.36. The molecule has 1 aromatic rings. The fourth-order valence-corrected chi connectivity index (χ4v) is 2.81. The van der Waals surface area contributed by atoms with E-state index in [0.717, 1.165) is 9.87 Å². The maximum absolute atomic E-state index is 12.3. The highest BCUT2D eigenvalue weighted by Crippen LogP contribution is 2.14. The van der Waals surface area contributed by atoms with Gasteiger partial charge in [0.2, 0.25) is 10.0 Å². The first-order valence-corrected chi connectivity index (χ1v) is 8.65. The van der Waals surface area contributed by atoms with Gasteiger partial charge in [-0.1, -0.05) is 17.7 Å². The van der Waals surface area contributed by atoms with Gasteiger partial charge in [-0.3, -0.25) is 9.59 Å². The van der Waals surface area contributed by atoms with Crippen LogP contribution in [0.3, 0.4) is 0 Å². The molecule has 0 saturated carbocycles. The molecule has 134 valence electrons. The average Bonchev–Trinajstić information content (AvgIpc) is 2.53. The number of likely N-dealkylation sites (N-methyl/N-ethyl adjacent to an activating group) is 1. The number of hydrogen-bond acceptors (Lipinski definition) is 6. The molecular weight excluding hydrogens is 336 g/mol. The molecule has 1 rings (SSSR count). The van der Waals surface area contributed by atoms with Crippen LogP contribution in [-0.2, 0) is 29.1 Å². The number of amides is 1. The third kappa shape index (κ3) is 6.26. The van der Waals surface area contributed by atoms with E-state index in [4.69, 9.17) is 9.47 Å². The number of aryl methyl sites for hydroxylation is 1. The maximum atomic E-state index is 12.3. The molecule has 0 aliphatic carbocycles. The van der Waals surface area contributed by atoms with E-state index in [-0.39, 0.29) is 4.90 Å². The number of sulfonamides is 1. The number of ether oxygens (including phenoxy) is 2. The van der Waals surface area contributed by atoms with Crippen molar-refractivity contribution in [3.63, 3.8) is 0 Å². The largest absolute Gasteiger partial charge is 0.455 e. The summed E-state index contributed by atoms with van der Waals surface area (Å²) >= 11 is 0. The van der Waals surface area contributed by atoms with Crippen LogP contribution in [0.5, 0.6) is 0 Å². The minimum Gasteiger partial charge on any atom is -0.455 e. The predicted molar refractivity (Wildman–Crippen MR) is 86.8 cm³/mol. The second-order valence-corrected chi connectivity index (χ2v) is 7.12. The van der Waals surface area contributed by atoms with E-state index in [2.05, 4.69) is 5.32 Å². The molecule has 0 unspecified atom stereocenters. The lowest BCUT2D eigenvalue weighted by Gasteiger charge is -2.16. The zero-order valence-corrected chi connectivity index (χ0v) is 14.8. The van der Waals surface area contributed by atoms with Gasteiger partial charge in [0.1, 0.15) is 6.54 Å². The lowest BCUT2D eigenvalue weighted by molar-refractivity contribution is -0.148. The molecule has 0 aliphatic heterocycles. The number of benzene rings is 1. The Morgan fingerprint density at radius 2 is 1.83 bits per heavy atom. The molecule has 24 heavy (non-hydrogen) atoms. The number of carbonyl (C=O) groups excluding carboxylic acids is 2. The topological polar surface area (TPSA) is 102 Å². The fraction of sp³-hybridized carbons (Fsp3) is 0.467. The Morgan fingerprint density at radius 3 is 2.42 bits per heavy atom. The van der Waals surface area contributed by atoms with Crippen molar-refractivity contribution in [2.75, 3.05) is 40.5 Å². The number of rotatable bonds is 9. The Kier molecular flexibility index (Phi) is 7.83. The van der Waals surface area contributed by atoms with Gasteiger partial charge in [0, 0.05) is 20.7 Å². The van der Waals surface area contributed by atoms with Gasteiger partial charge in [0.05, 0.1) is 11.5 Å². The molecule has 0 fully saturated rings. The van der Waals surface area contributed by atoms with Gasteiger partial charge >= 0.3 is 5.97 Å². The standard InChI is InChI=1S/C15H22N2O6S/c1-12-4-6-13(7-5-12)24(20,21)17(2)10-15(19)23-11-14(18)16-8-9-22-3/h4-7H,8-11H2,1-3H3,(H,16,18). The van der Waals surface area contributed by atoms with Crippen molar-refractivity contribution >= 4 is 21.9 Å². The summed E-state index contributed by atoms with van der Waals surface area (Å²) in [6.45, 7) is 1.53. The van der Waals surface area contributed by atoms with Crippen molar-refractivity contribution in [2.45, 2.75) is 11.8 Å². The van der Waals surface area contributed by atoms with Gasteiger partial charge in [0.15, 0.2) is 6.61 Å². The molecule has 0 bridgehead atoms. The third-order valence-corrected chi connectivity index (χ3v) is 4.89. The Bertz CT molecular complexity index is 657. The summed E-state index contributed by atoms with van der Waals surface area (Å²) in [7, 11) is -1.02. The first kappa shape index (κ1) is 20.1. The van der Waals surface area contributed by atoms with E-state index in [0.29, 0.717) is 13.2 Å². The van der Waals surface area contributed by atoms with Gasteiger partial charge in [-0.15, -0.1) is 0 Å². The summed E-state index contributed by atoms with van der Waals surface area (Å²) in [4.78, 5) is 23.2. The third-order valence-electron chi connectivity index (χ3n) is 3.07. The number of nitrogens with zero attached hydrogens (tertiary/aromatic N) is 1. The number of hydrogen-bond donors (Lipinski definition) is 1. The quantitative estimate of drug-likeness (QED) is 0.489. The molecule has 0 heterocycles. The SMILES string of the molecule is COCCNC(=O)COC(=O)CN(C)S(=O)(=O)c1ccc(C)cc1. The molecule has 8 nitrogen and oxygen atoms in total. The molecule has 1 N–H and O–H groups in total. The van der Waals surface area contributed by atoms with Crippen molar-refractivity contribution in [2.24, 2.45) is 0 Å². The summed E-state index contributed by atoms with van der Waals surface area (Å²) in [5.74, 6) is -1.29. The van der Waals surface area contributed by atoms with Crippen LogP contribution in [0.15, 0.2) is 29.2 Å². The zero-order chi connectivity index (χ0) is 18.2. The fourth-order valence-electron chi connectivity index (χ4n) is 1.69. The smallest absolute Gasteiger partial charge is 0.321 e. The van der Waals surface area contributed by atoms with Crippen LogP contribution >= 0.6 is 0 Å². The summed E-state index contributed by atoms with van der Waals surface area (Å²) in [5.41, 5.74) is 0.926. The van der Waals surface area contributed by atoms with Gasteiger partial charge in [-0.2, -0.15) is 4.31 Å². The van der Waals surface area contributed by atoms with Gasteiger partial charge in [-0.05, 0) is 19.1 Å². The van der Waals surface area contributed by atoms with Gasteiger partial charge in [-0.25, -0.2) is 8.42 Å². The van der Waals surface area contributed by atoms with E-state index in [1.54, 1.807) is 12.1 Å². The van der Waals surface area contributed by atoms with E-state index < -0.39 is 35.1 Å². The molecule has 1 amide bonds. The first-order chi connectivity index (χ1) is 11.3. The zero-order valence-electron chi connectivity index (χ0n) is 13.9. The summed E-state index contributed by atoms with van der Waals surface area (Å²) in [6.07, 6.45) is 0. The summed E-state index contributed by atoms with van der Waals surface area (Å²) in [6, 6.07) is 6.28. The minimum absolute atomic E-state index is 0.0840. The molecule has 0 aromatic heterocycles. The van der Waals surface area contributed by atoms with E-state index in [1.807, 2.05) is 6.92 Å². The molecule has 9 heteroatoms. The number of carbonyl (C=O) groups is 2. The Morgan fingerprint density at radius 1 is 1.21 bits per heavy atom.